The van der Waals surface area contributed by atoms with Crippen molar-refractivity contribution in [2.75, 3.05) is 6.61 Å². The Bertz CT molecular complexity index is 522. The van der Waals surface area contributed by atoms with Gasteiger partial charge in [0.25, 0.3) is 0 Å². The Kier molecular flexibility index (Phi) is 6.95. The smallest absolute Gasteiger partial charge is 0.0809 e. The van der Waals surface area contributed by atoms with Gasteiger partial charge in [-0.1, -0.05) is 6.92 Å². The van der Waals surface area contributed by atoms with Gasteiger partial charge in [0.2, 0.25) is 0 Å². The third-order valence-corrected chi connectivity index (χ3v) is 8.31. The third-order valence-electron chi connectivity index (χ3n) is 3.54. The number of benzene rings is 1. The Labute approximate surface area is 134 Å². The normalized spacial score (nSPS) is 15.3. The number of rotatable bonds is 4. The van der Waals surface area contributed by atoms with E-state index in [4.69, 9.17) is 5.11 Å². The minimum absolute atomic E-state index is 0. The molecule has 0 aliphatic heterocycles. The van der Waals surface area contributed by atoms with E-state index in [1.807, 2.05) is 0 Å². The molecule has 0 saturated heterocycles. The largest absolute Gasteiger partial charge is 0.855 e. The number of allylic oxidation sites excluding steroid dienone is 8. The van der Waals surface area contributed by atoms with E-state index in [1.165, 1.54) is 23.1 Å². The first kappa shape index (κ1) is 16.2. The molecule has 0 atom stereocenters. The molecule has 2 heteroatoms. The first-order valence-corrected chi connectivity index (χ1v) is 10.2. The Morgan fingerprint density at radius 1 is 0.952 bits per heavy atom. The molecule has 0 radical (unpaired) electrons. The van der Waals surface area contributed by atoms with Crippen LogP contribution in [-0.2, 0) is 22.6 Å². The molecule has 0 aromatic heterocycles. The van der Waals surface area contributed by atoms with Crippen molar-refractivity contribution in [3.63, 3.8) is 0 Å². The SMILES string of the molecule is C1=CC[C]([Ti+]([CH2]c2ccccc2)[C]2=CC=CC2)=C1.CC[O-]. The van der Waals surface area contributed by atoms with E-state index in [0.29, 0.717) is 0 Å². The fourth-order valence-electron chi connectivity index (χ4n) is 2.58. The predicted molar refractivity (Wildman–Crippen MR) is 84.4 cm³/mol. The maximum absolute atomic E-state index is 8.93. The molecule has 0 N–H and O–H groups in total. The van der Waals surface area contributed by atoms with Crippen LogP contribution in [0.4, 0.5) is 0 Å². The molecule has 0 fully saturated rings. The monoisotopic (exact) mass is 314 g/mol. The second-order valence-electron chi connectivity index (χ2n) is 5.08. The number of hydrogen-bond acceptors (Lipinski definition) is 1. The van der Waals surface area contributed by atoms with Crippen molar-refractivity contribution in [2.24, 2.45) is 0 Å². The molecule has 0 unspecified atom stereocenters. The summed E-state index contributed by atoms with van der Waals surface area (Å²) in [6.07, 6.45) is 16.2. The van der Waals surface area contributed by atoms with Crippen LogP contribution in [0.25, 0.3) is 0 Å². The van der Waals surface area contributed by atoms with E-state index >= 15 is 0 Å². The average molecular weight is 314 g/mol. The van der Waals surface area contributed by atoms with Gasteiger partial charge in [-0.2, -0.15) is 0 Å². The Balaban J connectivity index is 0.000000497. The maximum Gasteiger partial charge on any atom is -0.0809 e. The molecule has 21 heavy (non-hydrogen) atoms. The second kappa shape index (κ2) is 8.99. The van der Waals surface area contributed by atoms with Crippen molar-refractivity contribution in [3.8, 4) is 0 Å². The van der Waals surface area contributed by atoms with Crippen molar-refractivity contribution in [2.45, 2.75) is 24.5 Å². The Morgan fingerprint density at radius 2 is 1.48 bits per heavy atom. The van der Waals surface area contributed by atoms with E-state index in [-0.39, 0.29) is 6.61 Å². The van der Waals surface area contributed by atoms with Gasteiger partial charge in [0.05, 0.1) is 0 Å². The van der Waals surface area contributed by atoms with Gasteiger partial charge in [0, 0.05) is 0 Å². The second-order valence-corrected chi connectivity index (χ2v) is 9.13. The summed E-state index contributed by atoms with van der Waals surface area (Å²) in [5, 5.41) is 8.93. The molecule has 0 heterocycles. The van der Waals surface area contributed by atoms with Gasteiger partial charge in [0.1, 0.15) is 0 Å². The zero-order valence-electron chi connectivity index (χ0n) is 12.6. The Morgan fingerprint density at radius 3 is 1.90 bits per heavy atom. The molecule has 2 aliphatic rings. The summed E-state index contributed by atoms with van der Waals surface area (Å²) in [7, 11) is 0. The summed E-state index contributed by atoms with van der Waals surface area (Å²) in [4.78, 5) is 0. The van der Waals surface area contributed by atoms with Crippen LogP contribution in [-0.4, -0.2) is 6.61 Å². The van der Waals surface area contributed by atoms with Crippen molar-refractivity contribution in [3.05, 3.63) is 80.1 Å². The maximum atomic E-state index is 8.93. The standard InChI is InChI=1S/C7H7.2C5H5.C2H5O.Ti/c1-7-5-3-2-4-6-7;2*1-2-4-5-3-1;1-2-3;/h2-6H,1H2;2*1-3H,4H2;2H2,1H3;/q;;;-1;+1. The first-order valence-electron chi connectivity index (χ1n) is 7.55. The zero-order valence-corrected chi connectivity index (χ0v) is 14.1. The topological polar surface area (TPSA) is 23.1 Å². The van der Waals surface area contributed by atoms with Crippen molar-refractivity contribution in [1.29, 1.82) is 0 Å². The van der Waals surface area contributed by atoms with Crippen LogP contribution < -0.4 is 5.11 Å². The van der Waals surface area contributed by atoms with E-state index in [1.54, 1.807) is 14.7 Å². The van der Waals surface area contributed by atoms with Gasteiger partial charge in [0.15, 0.2) is 0 Å². The molecule has 108 valence electrons. The van der Waals surface area contributed by atoms with Gasteiger partial charge in [-0.25, -0.2) is 0 Å². The molecule has 1 nitrogen and oxygen atoms in total. The van der Waals surface area contributed by atoms with Crippen molar-refractivity contribution in [1.82, 2.24) is 0 Å². The first-order chi connectivity index (χ1) is 10.3. The summed E-state index contributed by atoms with van der Waals surface area (Å²) in [6.45, 7) is 1.57. The van der Waals surface area contributed by atoms with Crippen molar-refractivity contribution >= 4 is 0 Å². The van der Waals surface area contributed by atoms with Crippen LogP contribution in [0.1, 0.15) is 25.3 Å². The van der Waals surface area contributed by atoms with Gasteiger partial charge in [-0.3, -0.25) is 0 Å². The van der Waals surface area contributed by atoms with Crippen LogP contribution in [0.15, 0.2) is 74.5 Å². The summed E-state index contributed by atoms with van der Waals surface area (Å²) >= 11 is -1.28. The molecule has 2 aliphatic carbocycles. The summed E-state index contributed by atoms with van der Waals surface area (Å²) in [6, 6.07) is 11.0. The fraction of sp³-hybridized carbons (Fsp3) is 0.263. The van der Waals surface area contributed by atoms with E-state index in [9.17, 15) is 0 Å². The quantitative estimate of drug-likeness (QED) is 0.774. The third kappa shape index (κ3) is 4.96. The minimum atomic E-state index is -1.28. The van der Waals surface area contributed by atoms with Gasteiger partial charge in [-0.15, -0.1) is 6.61 Å². The zero-order chi connectivity index (χ0) is 14.9. The Hall–Kier alpha value is -1.15. The molecule has 0 spiro atoms. The van der Waals surface area contributed by atoms with Crippen LogP contribution >= 0.6 is 0 Å². The van der Waals surface area contributed by atoms with Crippen LogP contribution in [0.5, 0.6) is 0 Å². The molecule has 0 saturated carbocycles. The summed E-state index contributed by atoms with van der Waals surface area (Å²) in [5.74, 6) is 0. The van der Waals surface area contributed by atoms with E-state index < -0.39 is 17.9 Å². The summed E-state index contributed by atoms with van der Waals surface area (Å²) < 4.78 is 4.75. The van der Waals surface area contributed by atoms with Gasteiger partial charge >= 0.3 is 116 Å². The minimum Gasteiger partial charge on any atom is -0.855 e. The molecule has 3 rings (SSSR count). The number of hydrogen-bond donors (Lipinski definition) is 0. The average Bonchev–Trinajstić information content (AvgIpc) is 3.20. The van der Waals surface area contributed by atoms with Crippen LogP contribution in [0.3, 0.4) is 0 Å². The molecule has 0 bridgehead atoms. The van der Waals surface area contributed by atoms with Crippen LogP contribution in [0.2, 0.25) is 0 Å². The molecule has 1 aromatic carbocycles. The fourth-order valence-corrected chi connectivity index (χ4v) is 7.00. The molecular weight excluding hydrogens is 292 g/mol. The molecular formula is C19H22OTi. The van der Waals surface area contributed by atoms with Crippen LogP contribution in [0, 0.1) is 0 Å². The molecule has 0 amide bonds. The van der Waals surface area contributed by atoms with Gasteiger partial charge < -0.3 is 5.11 Å². The van der Waals surface area contributed by atoms with E-state index in [0.717, 1.165) is 0 Å². The summed E-state index contributed by atoms with van der Waals surface area (Å²) in [5.41, 5.74) is 1.51. The van der Waals surface area contributed by atoms with Crippen molar-refractivity contribution < 1.29 is 23.0 Å². The van der Waals surface area contributed by atoms with E-state index in [2.05, 4.69) is 66.8 Å². The molecule has 1 aromatic rings. The predicted octanol–water partition coefficient (Wildman–Crippen LogP) is 3.86. The van der Waals surface area contributed by atoms with Gasteiger partial charge in [-0.05, 0) is 0 Å².